The van der Waals surface area contributed by atoms with Gasteiger partial charge in [0.2, 0.25) is 11.8 Å². The van der Waals surface area contributed by atoms with Gasteiger partial charge in [0.05, 0.1) is 11.7 Å². The molecular formula is C23H24N2O3. The number of hydrogen-bond acceptors (Lipinski definition) is 3. The van der Waals surface area contributed by atoms with Crippen LogP contribution in [-0.4, -0.2) is 17.7 Å². The van der Waals surface area contributed by atoms with Crippen molar-refractivity contribution in [2.24, 2.45) is 0 Å². The van der Waals surface area contributed by atoms with Crippen molar-refractivity contribution in [3.8, 4) is 0 Å². The molecule has 1 atom stereocenters. The predicted octanol–water partition coefficient (Wildman–Crippen LogP) is 3.88. The molecule has 1 fully saturated rings. The third-order valence-corrected chi connectivity index (χ3v) is 5.85. The van der Waals surface area contributed by atoms with Crippen molar-refractivity contribution in [3.05, 3.63) is 65.2 Å². The van der Waals surface area contributed by atoms with Crippen LogP contribution < -0.4 is 10.2 Å². The number of anilines is 1. The molecule has 0 bridgehead atoms. The second kappa shape index (κ2) is 6.89. The maximum atomic E-state index is 12.9. The van der Waals surface area contributed by atoms with Gasteiger partial charge in [0.1, 0.15) is 0 Å². The van der Waals surface area contributed by atoms with E-state index in [2.05, 4.69) is 31.3 Å². The number of amides is 3. The van der Waals surface area contributed by atoms with Crippen LogP contribution >= 0.6 is 0 Å². The summed E-state index contributed by atoms with van der Waals surface area (Å²) in [4.78, 5) is 38.1. The molecular weight excluding hydrogens is 352 g/mol. The summed E-state index contributed by atoms with van der Waals surface area (Å²) in [5.74, 6) is -0.627. The highest BCUT2D eigenvalue weighted by atomic mass is 16.2. The van der Waals surface area contributed by atoms with Crippen molar-refractivity contribution >= 4 is 23.4 Å². The molecule has 5 heteroatoms. The zero-order chi connectivity index (χ0) is 19.9. The summed E-state index contributed by atoms with van der Waals surface area (Å²) in [5, 5.41) is 3.14. The van der Waals surface area contributed by atoms with Crippen LogP contribution in [0.4, 0.5) is 5.69 Å². The van der Waals surface area contributed by atoms with E-state index in [0.717, 1.165) is 18.4 Å². The van der Waals surface area contributed by atoms with Crippen LogP contribution in [-0.2, 0) is 15.0 Å². The zero-order valence-corrected chi connectivity index (χ0v) is 16.2. The van der Waals surface area contributed by atoms with Crippen molar-refractivity contribution in [2.45, 2.75) is 51.0 Å². The molecule has 0 aromatic heterocycles. The Morgan fingerprint density at radius 1 is 1.04 bits per heavy atom. The molecule has 2 aromatic rings. The standard InChI is InChI=1S/C23H24N2O3/c1-23(2)13-12-19(17-8-3-4-9-18(17)23)24-22(28)15-6-5-7-16(14-15)25-20(26)10-11-21(25)27/h3-9,14,19H,10-13H2,1-2H3,(H,24,28). The van der Waals surface area contributed by atoms with Crippen molar-refractivity contribution in [1.29, 1.82) is 0 Å². The van der Waals surface area contributed by atoms with Crippen LogP contribution in [0.15, 0.2) is 48.5 Å². The first-order valence-corrected chi connectivity index (χ1v) is 9.73. The van der Waals surface area contributed by atoms with Gasteiger partial charge in [0.15, 0.2) is 0 Å². The largest absolute Gasteiger partial charge is 0.345 e. The highest BCUT2D eigenvalue weighted by Gasteiger charge is 2.33. The molecule has 0 radical (unpaired) electrons. The highest BCUT2D eigenvalue weighted by Crippen LogP contribution is 2.41. The highest BCUT2D eigenvalue weighted by molar-refractivity contribution is 6.20. The lowest BCUT2D eigenvalue weighted by molar-refractivity contribution is -0.121. The smallest absolute Gasteiger partial charge is 0.251 e. The van der Waals surface area contributed by atoms with Gasteiger partial charge in [-0.15, -0.1) is 0 Å². The van der Waals surface area contributed by atoms with Gasteiger partial charge < -0.3 is 5.32 Å². The van der Waals surface area contributed by atoms with Gasteiger partial charge in [0.25, 0.3) is 5.91 Å². The molecule has 3 amide bonds. The summed E-state index contributed by atoms with van der Waals surface area (Å²) in [5.41, 5.74) is 3.44. The average molecular weight is 376 g/mol. The minimum absolute atomic E-state index is 0.0459. The Morgan fingerprint density at radius 2 is 1.75 bits per heavy atom. The zero-order valence-electron chi connectivity index (χ0n) is 16.2. The van der Waals surface area contributed by atoms with E-state index in [9.17, 15) is 14.4 Å². The SMILES string of the molecule is CC1(C)CCC(NC(=O)c2cccc(N3C(=O)CCC3=O)c2)c2ccccc21. The monoisotopic (exact) mass is 376 g/mol. The van der Waals surface area contributed by atoms with Crippen molar-refractivity contribution in [3.63, 3.8) is 0 Å². The second-order valence-corrected chi connectivity index (χ2v) is 8.21. The maximum absolute atomic E-state index is 12.9. The minimum atomic E-state index is -0.217. The number of nitrogens with one attached hydrogen (secondary N) is 1. The number of hydrogen-bond donors (Lipinski definition) is 1. The Labute approximate surface area is 164 Å². The van der Waals surface area contributed by atoms with E-state index in [1.165, 1.54) is 10.5 Å². The molecule has 1 aliphatic carbocycles. The van der Waals surface area contributed by atoms with Crippen molar-refractivity contribution in [1.82, 2.24) is 5.32 Å². The van der Waals surface area contributed by atoms with Crippen molar-refractivity contribution < 1.29 is 14.4 Å². The number of carbonyl (C=O) groups excluding carboxylic acids is 3. The van der Waals surface area contributed by atoms with Crippen LogP contribution in [0.5, 0.6) is 0 Å². The molecule has 4 rings (SSSR count). The molecule has 5 nitrogen and oxygen atoms in total. The molecule has 28 heavy (non-hydrogen) atoms. The van der Waals surface area contributed by atoms with Crippen LogP contribution in [0.1, 0.15) is 67.1 Å². The lowest BCUT2D eigenvalue weighted by Gasteiger charge is -2.37. The number of rotatable bonds is 3. The first kappa shape index (κ1) is 18.4. The van der Waals surface area contributed by atoms with Gasteiger partial charge in [-0.2, -0.15) is 0 Å². The van der Waals surface area contributed by atoms with E-state index >= 15 is 0 Å². The number of benzene rings is 2. The van der Waals surface area contributed by atoms with E-state index in [-0.39, 0.29) is 42.0 Å². The Balaban J connectivity index is 1.57. The minimum Gasteiger partial charge on any atom is -0.345 e. The van der Waals surface area contributed by atoms with Gasteiger partial charge >= 0.3 is 0 Å². The van der Waals surface area contributed by atoms with Gasteiger partial charge in [-0.1, -0.05) is 44.2 Å². The quantitative estimate of drug-likeness (QED) is 0.827. The van der Waals surface area contributed by atoms with E-state index in [1.54, 1.807) is 24.3 Å². The molecule has 2 aromatic carbocycles. The Kier molecular flexibility index (Phi) is 4.53. The van der Waals surface area contributed by atoms with E-state index in [1.807, 2.05) is 12.1 Å². The van der Waals surface area contributed by atoms with E-state index in [0.29, 0.717) is 11.3 Å². The summed E-state index contributed by atoms with van der Waals surface area (Å²) >= 11 is 0. The lowest BCUT2D eigenvalue weighted by Crippen LogP contribution is -2.36. The van der Waals surface area contributed by atoms with Crippen LogP contribution in [0.3, 0.4) is 0 Å². The maximum Gasteiger partial charge on any atom is 0.251 e. The summed E-state index contributed by atoms with van der Waals surface area (Å²) in [7, 11) is 0. The summed E-state index contributed by atoms with van der Waals surface area (Å²) in [6, 6.07) is 15.0. The summed E-state index contributed by atoms with van der Waals surface area (Å²) in [6.45, 7) is 4.47. The molecule has 0 spiro atoms. The van der Waals surface area contributed by atoms with Gasteiger partial charge in [-0.05, 0) is 47.6 Å². The normalized spacial score (nSPS) is 20.8. The number of fused-ring (bicyclic) bond motifs is 1. The number of nitrogens with zero attached hydrogens (tertiary/aromatic N) is 1. The van der Waals surface area contributed by atoms with E-state index < -0.39 is 0 Å². The van der Waals surface area contributed by atoms with Crippen LogP contribution in [0, 0.1) is 0 Å². The third kappa shape index (κ3) is 3.21. The predicted molar refractivity (Wildman–Crippen MR) is 107 cm³/mol. The van der Waals surface area contributed by atoms with Gasteiger partial charge in [-0.3, -0.25) is 19.3 Å². The van der Waals surface area contributed by atoms with E-state index in [4.69, 9.17) is 0 Å². The Morgan fingerprint density at radius 3 is 2.50 bits per heavy atom. The molecule has 1 saturated heterocycles. The fraction of sp³-hybridized carbons (Fsp3) is 0.348. The molecule has 0 saturated carbocycles. The molecule has 1 N–H and O–H groups in total. The third-order valence-electron chi connectivity index (χ3n) is 5.85. The van der Waals surface area contributed by atoms with Crippen molar-refractivity contribution in [2.75, 3.05) is 4.90 Å². The fourth-order valence-corrected chi connectivity index (χ4v) is 4.25. The first-order valence-electron chi connectivity index (χ1n) is 9.73. The fourth-order valence-electron chi connectivity index (χ4n) is 4.25. The first-order chi connectivity index (χ1) is 13.4. The Hall–Kier alpha value is -2.95. The summed E-state index contributed by atoms with van der Waals surface area (Å²) in [6.07, 6.45) is 2.32. The molecule has 1 heterocycles. The van der Waals surface area contributed by atoms with Gasteiger partial charge in [-0.25, -0.2) is 0 Å². The van der Waals surface area contributed by atoms with Crippen LogP contribution in [0.2, 0.25) is 0 Å². The molecule has 2 aliphatic rings. The molecule has 1 aliphatic heterocycles. The van der Waals surface area contributed by atoms with Gasteiger partial charge in [0, 0.05) is 18.4 Å². The molecule has 144 valence electrons. The number of carbonyl (C=O) groups is 3. The second-order valence-electron chi connectivity index (χ2n) is 8.21. The lowest BCUT2D eigenvalue weighted by atomic mass is 9.71. The van der Waals surface area contributed by atoms with Crippen LogP contribution in [0.25, 0.3) is 0 Å². The Bertz CT molecular complexity index is 948. The number of imide groups is 1. The topological polar surface area (TPSA) is 66.5 Å². The summed E-state index contributed by atoms with van der Waals surface area (Å²) < 4.78 is 0. The average Bonchev–Trinajstić information content (AvgIpc) is 3.02. The molecule has 1 unspecified atom stereocenters.